The smallest absolute Gasteiger partial charge is 0.419 e. The van der Waals surface area contributed by atoms with Gasteiger partial charge in [-0.25, -0.2) is 9.97 Å². The fourth-order valence-electron chi connectivity index (χ4n) is 2.88. The van der Waals surface area contributed by atoms with Gasteiger partial charge in [0.25, 0.3) is 0 Å². The van der Waals surface area contributed by atoms with Crippen LogP contribution in [0.5, 0.6) is 5.75 Å². The second kappa shape index (κ2) is 7.26. The highest BCUT2D eigenvalue weighted by atomic mass is 19.4. The van der Waals surface area contributed by atoms with Crippen LogP contribution >= 0.6 is 0 Å². The Balaban J connectivity index is 1.77. The lowest BCUT2D eigenvalue weighted by molar-refractivity contribution is -0.138. The molecule has 1 aliphatic heterocycles. The zero-order valence-corrected chi connectivity index (χ0v) is 13.7. The number of anilines is 2. The maximum atomic E-state index is 12.6. The molecule has 0 spiro atoms. The third-order valence-electron chi connectivity index (χ3n) is 4.26. The minimum atomic E-state index is -4.45. The first-order chi connectivity index (χ1) is 12.0. The number of nitrogens with one attached hydrogen (secondary N) is 2. The first-order valence-electron chi connectivity index (χ1n) is 8.02. The summed E-state index contributed by atoms with van der Waals surface area (Å²) in [6, 6.07) is 5.81. The van der Waals surface area contributed by atoms with Crippen LogP contribution in [0.3, 0.4) is 0 Å². The van der Waals surface area contributed by atoms with E-state index in [9.17, 15) is 13.2 Å². The van der Waals surface area contributed by atoms with E-state index in [2.05, 4.69) is 20.6 Å². The molecule has 2 N–H and O–H groups in total. The Morgan fingerprint density at radius 3 is 2.44 bits per heavy atom. The van der Waals surface area contributed by atoms with Gasteiger partial charge in [0, 0.05) is 12.4 Å². The van der Waals surface area contributed by atoms with Gasteiger partial charge in [-0.3, -0.25) is 0 Å². The topological polar surface area (TPSA) is 59.1 Å². The van der Waals surface area contributed by atoms with E-state index in [1.54, 1.807) is 7.11 Å². The van der Waals surface area contributed by atoms with Crippen LogP contribution in [-0.2, 0) is 6.18 Å². The van der Waals surface area contributed by atoms with E-state index in [1.165, 1.54) is 5.56 Å². The number of benzene rings is 1. The summed E-state index contributed by atoms with van der Waals surface area (Å²) in [4.78, 5) is 7.44. The molecule has 1 aromatic heterocycles. The number of aromatic nitrogens is 2. The van der Waals surface area contributed by atoms with Crippen molar-refractivity contribution >= 4 is 11.6 Å². The molecular weight excluding hydrogens is 333 g/mol. The SMILES string of the molecule is COc1cc(C2CCNCC2)ccc1Nc1ncc(C(F)(F)F)cn1. The highest BCUT2D eigenvalue weighted by Gasteiger charge is 2.31. The molecule has 1 saturated heterocycles. The number of halogens is 3. The van der Waals surface area contributed by atoms with E-state index in [0.29, 0.717) is 17.4 Å². The number of rotatable bonds is 4. The number of hydrogen-bond acceptors (Lipinski definition) is 5. The van der Waals surface area contributed by atoms with Gasteiger partial charge in [-0.05, 0) is 49.5 Å². The average Bonchev–Trinajstić information content (AvgIpc) is 2.62. The standard InChI is InChI=1S/C17H19F3N4O/c1-25-15-8-12(11-4-6-21-7-5-11)2-3-14(15)24-16-22-9-13(10-23-16)17(18,19)20/h2-3,8-11,21H,4-7H2,1H3,(H,22,23,24). The molecule has 1 fully saturated rings. The van der Waals surface area contributed by atoms with E-state index in [0.717, 1.165) is 38.3 Å². The number of nitrogens with zero attached hydrogens (tertiary/aromatic N) is 2. The largest absolute Gasteiger partial charge is 0.495 e. The summed E-state index contributed by atoms with van der Waals surface area (Å²) in [6.45, 7) is 1.98. The summed E-state index contributed by atoms with van der Waals surface area (Å²) in [5, 5.41) is 6.24. The highest BCUT2D eigenvalue weighted by Crippen LogP contribution is 2.34. The van der Waals surface area contributed by atoms with Crippen molar-refractivity contribution in [1.82, 2.24) is 15.3 Å². The van der Waals surface area contributed by atoms with Crippen LogP contribution in [0, 0.1) is 0 Å². The fourth-order valence-corrected chi connectivity index (χ4v) is 2.88. The van der Waals surface area contributed by atoms with Crippen molar-refractivity contribution in [2.75, 3.05) is 25.5 Å². The average molecular weight is 352 g/mol. The Labute approximate surface area is 143 Å². The van der Waals surface area contributed by atoms with Gasteiger partial charge < -0.3 is 15.4 Å². The van der Waals surface area contributed by atoms with Crippen LogP contribution in [-0.4, -0.2) is 30.2 Å². The first-order valence-corrected chi connectivity index (χ1v) is 8.02. The summed E-state index contributed by atoms with van der Waals surface area (Å²) in [7, 11) is 1.56. The molecule has 0 saturated carbocycles. The maximum absolute atomic E-state index is 12.6. The summed E-state index contributed by atoms with van der Waals surface area (Å²) in [5.41, 5.74) is 0.920. The molecule has 8 heteroatoms. The molecule has 134 valence electrons. The van der Waals surface area contributed by atoms with Crippen molar-refractivity contribution in [1.29, 1.82) is 0 Å². The van der Waals surface area contributed by atoms with Gasteiger partial charge in [0.2, 0.25) is 5.95 Å². The number of methoxy groups -OCH3 is 1. The Morgan fingerprint density at radius 2 is 1.84 bits per heavy atom. The Kier molecular flexibility index (Phi) is 5.08. The Bertz CT molecular complexity index is 713. The molecule has 0 unspecified atom stereocenters. The van der Waals surface area contributed by atoms with E-state index in [-0.39, 0.29) is 5.95 Å². The molecule has 5 nitrogen and oxygen atoms in total. The second-order valence-corrected chi connectivity index (χ2v) is 5.90. The van der Waals surface area contributed by atoms with Crippen LogP contribution in [0.25, 0.3) is 0 Å². The molecule has 0 bridgehead atoms. The molecule has 1 aromatic carbocycles. The van der Waals surface area contributed by atoms with E-state index < -0.39 is 11.7 Å². The van der Waals surface area contributed by atoms with Gasteiger partial charge in [-0.15, -0.1) is 0 Å². The minimum Gasteiger partial charge on any atom is -0.495 e. The number of ether oxygens (including phenoxy) is 1. The van der Waals surface area contributed by atoms with Crippen molar-refractivity contribution in [3.8, 4) is 5.75 Å². The third kappa shape index (κ3) is 4.19. The normalized spacial score (nSPS) is 15.8. The molecule has 3 rings (SSSR count). The van der Waals surface area contributed by atoms with Crippen LogP contribution in [0.1, 0.15) is 29.9 Å². The number of alkyl halides is 3. The van der Waals surface area contributed by atoms with E-state index in [4.69, 9.17) is 4.74 Å². The second-order valence-electron chi connectivity index (χ2n) is 5.90. The lowest BCUT2D eigenvalue weighted by atomic mass is 9.90. The predicted octanol–water partition coefficient (Wildman–Crippen LogP) is 3.71. The first kappa shape index (κ1) is 17.5. The van der Waals surface area contributed by atoms with Gasteiger partial charge in [0.1, 0.15) is 5.75 Å². The van der Waals surface area contributed by atoms with Crippen molar-refractivity contribution in [2.24, 2.45) is 0 Å². The van der Waals surface area contributed by atoms with Crippen LogP contribution in [0.2, 0.25) is 0 Å². The Morgan fingerprint density at radius 1 is 1.16 bits per heavy atom. The Hall–Kier alpha value is -2.35. The minimum absolute atomic E-state index is 0.0842. The van der Waals surface area contributed by atoms with Gasteiger partial charge in [-0.2, -0.15) is 13.2 Å². The summed E-state index contributed by atoms with van der Waals surface area (Å²) in [6.07, 6.45) is -0.807. The van der Waals surface area contributed by atoms with Crippen LogP contribution in [0.4, 0.5) is 24.8 Å². The van der Waals surface area contributed by atoms with Crippen molar-refractivity contribution in [3.63, 3.8) is 0 Å². The van der Waals surface area contributed by atoms with Crippen molar-refractivity contribution in [2.45, 2.75) is 24.9 Å². The molecule has 2 heterocycles. The summed E-state index contributed by atoms with van der Waals surface area (Å²) < 4.78 is 43.1. The molecular formula is C17H19F3N4O. The molecule has 0 atom stereocenters. The molecule has 0 radical (unpaired) electrons. The monoisotopic (exact) mass is 352 g/mol. The van der Waals surface area contributed by atoms with Crippen molar-refractivity contribution < 1.29 is 17.9 Å². The number of piperidine rings is 1. The summed E-state index contributed by atoms with van der Waals surface area (Å²) in [5.74, 6) is 1.17. The highest BCUT2D eigenvalue weighted by molar-refractivity contribution is 5.63. The molecule has 1 aliphatic rings. The predicted molar refractivity (Wildman–Crippen MR) is 88.2 cm³/mol. The van der Waals surface area contributed by atoms with Gasteiger partial charge in [-0.1, -0.05) is 6.07 Å². The molecule has 25 heavy (non-hydrogen) atoms. The zero-order valence-electron chi connectivity index (χ0n) is 13.7. The van der Waals surface area contributed by atoms with Gasteiger partial charge >= 0.3 is 6.18 Å². The van der Waals surface area contributed by atoms with E-state index >= 15 is 0 Å². The lowest BCUT2D eigenvalue weighted by Crippen LogP contribution is -2.26. The number of hydrogen-bond donors (Lipinski definition) is 2. The van der Waals surface area contributed by atoms with E-state index in [1.807, 2.05) is 18.2 Å². The van der Waals surface area contributed by atoms with Crippen LogP contribution < -0.4 is 15.4 Å². The molecule has 2 aromatic rings. The van der Waals surface area contributed by atoms with Gasteiger partial charge in [0.15, 0.2) is 0 Å². The molecule has 0 amide bonds. The quantitative estimate of drug-likeness (QED) is 0.878. The van der Waals surface area contributed by atoms with Crippen molar-refractivity contribution in [3.05, 3.63) is 41.7 Å². The zero-order chi connectivity index (χ0) is 17.9. The lowest BCUT2D eigenvalue weighted by Gasteiger charge is -2.24. The third-order valence-corrected chi connectivity index (χ3v) is 4.26. The van der Waals surface area contributed by atoms with Gasteiger partial charge in [0.05, 0.1) is 18.4 Å². The van der Waals surface area contributed by atoms with Crippen LogP contribution in [0.15, 0.2) is 30.6 Å². The molecule has 0 aliphatic carbocycles. The fraction of sp³-hybridized carbons (Fsp3) is 0.412. The maximum Gasteiger partial charge on any atom is 0.419 e. The summed E-state index contributed by atoms with van der Waals surface area (Å²) >= 11 is 0.